The van der Waals surface area contributed by atoms with Crippen LogP contribution in [0.2, 0.25) is 5.02 Å². The van der Waals surface area contributed by atoms with Gasteiger partial charge in [-0.15, -0.1) is 11.8 Å². The Morgan fingerprint density at radius 1 is 1.55 bits per heavy atom. The van der Waals surface area contributed by atoms with Crippen molar-refractivity contribution >= 4 is 29.1 Å². The van der Waals surface area contributed by atoms with Gasteiger partial charge in [0.1, 0.15) is 0 Å². The molecule has 2 nitrogen and oxygen atoms in total. The molecule has 0 bridgehead atoms. The normalized spacial score (nSPS) is 9.73. The molecule has 0 spiro atoms. The van der Waals surface area contributed by atoms with Gasteiger partial charge in [0, 0.05) is 4.90 Å². The number of nitrogens with one attached hydrogen (secondary N) is 1. The molecule has 0 saturated carbocycles. The zero-order chi connectivity index (χ0) is 8.27. The van der Waals surface area contributed by atoms with Crippen LogP contribution in [0.5, 0.6) is 0 Å². The molecular weight excluding hydrogens is 180 g/mol. The number of hydrazine groups is 1. The van der Waals surface area contributed by atoms with Gasteiger partial charge in [-0.2, -0.15) is 0 Å². The van der Waals surface area contributed by atoms with Crippen LogP contribution in [0, 0.1) is 0 Å². The Kier molecular flexibility index (Phi) is 3.05. The molecule has 60 valence electrons. The van der Waals surface area contributed by atoms with E-state index in [-0.39, 0.29) is 0 Å². The highest BCUT2D eigenvalue weighted by Crippen LogP contribution is 2.27. The first-order valence-electron chi connectivity index (χ1n) is 3.08. The van der Waals surface area contributed by atoms with Crippen LogP contribution in [-0.4, -0.2) is 6.26 Å². The van der Waals surface area contributed by atoms with Crippen LogP contribution in [0.15, 0.2) is 23.1 Å². The molecule has 0 aliphatic heterocycles. The lowest BCUT2D eigenvalue weighted by Gasteiger charge is -2.03. The minimum atomic E-state index is 0.730. The van der Waals surface area contributed by atoms with Gasteiger partial charge in [0.15, 0.2) is 0 Å². The lowest BCUT2D eigenvalue weighted by Crippen LogP contribution is -2.06. The highest BCUT2D eigenvalue weighted by molar-refractivity contribution is 7.98. The third-order valence-electron chi connectivity index (χ3n) is 1.32. The average Bonchev–Trinajstić information content (AvgIpc) is 2.04. The number of rotatable bonds is 2. The molecule has 0 fully saturated rings. The smallest absolute Gasteiger partial charge is 0.0562 e. The maximum Gasteiger partial charge on any atom is 0.0562 e. The highest BCUT2D eigenvalue weighted by atomic mass is 35.5. The van der Waals surface area contributed by atoms with Gasteiger partial charge in [0.25, 0.3) is 0 Å². The molecule has 0 radical (unpaired) electrons. The maximum absolute atomic E-state index is 5.89. The van der Waals surface area contributed by atoms with Crippen LogP contribution in [0.25, 0.3) is 0 Å². The molecule has 1 aromatic rings. The van der Waals surface area contributed by atoms with Gasteiger partial charge >= 0.3 is 0 Å². The van der Waals surface area contributed by atoms with E-state index in [2.05, 4.69) is 5.43 Å². The van der Waals surface area contributed by atoms with Gasteiger partial charge in [0.2, 0.25) is 0 Å². The number of nitrogen functional groups attached to an aromatic ring is 1. The van der Waals surface area contributed by atoms with E-state index in [9.17, 15) is 0 Å². The summed E-state index contributed by atoms with van der Waals surface area (Å²) in [5.74, 6) is 5.19. The van der Waals surface area contributed by atoms with Crippen LogP contribution in [0.4, 0.5) is 5.69 Å². The number of benzene rings is 1. The third kappa shape index (κ3) is 2.02. The molecule has 0 aromatic heterocycles. The Hall–Kier alpha value is -0.380. The van der Waals surface area contributed by atoms with E-state index in [4.69, 9.17) is 17.4 Å². The molecule has 0 saturated heterocycles. The SMILES string of the molecule is CSc1ccc(NN)cc1Cl. The van der Waals surface area contributed by atoms with Crippen molar-refractivity contribution in [2.45, 2.75) is 4.90 Å². The van der Waals surface area contributed by atoms with E-state index in [0.717, 1.165) is 15.6 Å². The quantitative estimate of drug-likeness (QED) is 0.425. The first-order chi connectivity index (χ1) is 5.27. The van der Waals surface area contributed by atoms with Gasteiger partial charge < -0.3 is 5.43 Å². The molecule has 0 unspecified atom stereocenters. The predicted molar refractivity (Wildman–Crippen MR) is 51.0 cm³/mol. The van der Waals surface area contributed by atoms with Gasteiger partial charge in [0.05, 0.1) is 10.7 Å². The largest absolute Gasteiger partial charge is 0.324 e. The third-order valence-corrected chi connectivity index (χ3v) is 2.54. The summed E-state index contributed by atoms with van der Waals surface area (Å²) >= 11 is 7.51. The Morgan fingerprint density at radius 2 is 2.27 bits per heavy atom. The summed E-state index contributed by atoms with van der Waals surface area (Å²) in [4.78, 5) is 1.06. The topological polar surface area (TPSA) is 38.0 Å². The standard InChI is InChI=1S/C7H9ClN2S/c1-11-7-3-2-5(10-9)4-6(7)8/h2-4,10H,9H2,1H3. The van der Waals surface area contributed by atoms with E-state index >= 15 is 0 Å². The fraction of sp³-hybridized carbons (Fsp3) is 0.143. The number of thioether (sulfide) groups is 1. The maximum atomic E-state index is 5.89. The van der Waals surface area contributed by atoms with Crippen LogP contribution >= 0.6 is 23.4 Å². The molecule has 0 amide bonds. The van der Waals surface area contributed by atoms with Crippen molar-refractivity contribution in [1.29, 1.82) is 0 Å². The molecule has 0 aliphatic rings. The summed E-state index contributed by atoms with van der Waals surface area (Å²) in [5, 5.41) is 0.730. The second-order valence-electron chi connectivity index (χ2n) is 1.99. The van der Waals surface area contributed by atoms with Crippen LogP contribution in [-0.2, 0) is 0 Å². The molecule has 11 heavy (non-hydrogen) atoms. The van der Waals surface area contributed by atoms with E-state index < -0.39 is 0 Å². The van der Waals surface area contributed by atoms with Crippen LogP contribution < -0.4 is 11.3 Å². The zero-order valence-electron chi connectivity index (χ0n) is 6.10. The van der Waals surface area contributed by atoms with Crippen molar-refractivity contribution in [3.05, 3.63) is 23.2 Å². The average molecular weight is 189 g/mol. The summed E-state index contributed by atoms with van der Waals surface area (Å²) < 4.78 is 0. The van der Waals surface area contributed by atoms with Gasteiger partial charge in [-0.1, -0.05) is 11.6 Å². The number of halogens is 1. The van der Waals surface area contributed by atoms with Gasteiger partial charge in [-0.3, -0.25) is 5.84 Å². The fourth-order valence-electron chi connectivity index (χ4n) is 0.756. The summed E-state index contributed by atoms with van der Waals surface area (Å²) in [6.07, 6.45) is 1.98. The Labute approximate surface area is 75.1 Å². The van der Waals surface area contributed by atoms with E-state index in [1.165, 1.54) is 0 Å². The Bertz CT molecular complexity index is 252. The second kappa shape index (κ2) is 3.85. The minimum absolute atomic E-state index is 0.730. The molecule has 0 atom stereocenters. The molecule has 4 heteroatoms. The minimum Gasteiger partial charge on any atom is -0.324 e. The highest BCUT2D eigenvalue weighted by Gasteiger charge is 1.98. The van der Waals surface area contributed by atoms with Gasteiger partial charge in [-0.25, -0.2) is 0 Å². The monoisotopic (exact) mass is 188 g/mol. The fourth-order valence-corrected chi connectivity index (χ4v) is 1.63. The number of hydrogen-bond donors (Lipinski definition) is 2. The molecule has 1 rings (SSSR count). The molecule has 3 N–H and O–H groups in total. The van der Waals surface area contributed by atoms with E-state index in [1.54, 1.807) is 17.8 Å². The molecular formula is C7H9ClN2S. The second-order valence-corrected chi connectivity index (χ2v) is 3.25. The Morgan fingerprint density at radius 3 is 2.73 bits per heavy atom. The summed E-state index contributed by atoms with van der Waals surface area (Å²) in [6.45, 7) is 0. The van der Waals surface area contributed by atoms with Crippen LogP contribution in [0.3, 0.4) is 0 Å². The van der Waals surface area contributed by atoms with E-state index in [1.807, 2.05) is 18.4 Å². The van der Waals surface area contributed by atoms with Crippen molar-refractivity contribution in [2.24, 2.45) is 5.84 Å². The molecule has 0 aliphatic carbocycles. The first kappa shape index (κ1) is 8.71. The van der Waals surface area contributed by atoms with E-state index in [0.29, 0.717) is 0 Å². The summed E-state index contributed by atoms with van der Waals surface area (Å²) in [6, 6.07) is 5.62. The van der Waals surface area contributed by atoms with Crippen molar-refractivity contribution in [3.8, 4) is 0 Å². The van der Waals surface area contributed by atoms with Gasteiger partial charge in [-0.05, 0) is 24.5 Å². The Balaban J connectivity index is 2.99. The summed E-state index contributed by atoms with van der Waals surface area (Å²) in [5.41, 5.74) is 3.35. The van der Waals surface area contributed by atoms with Crippen molar-refractivity contribution < 1.29 is 0 Å². The first-order valence-corrected chi connectivity index (χ1v) is 4.68. The number of nitrogens with two attached hydrogens (primary N) is 1. The zero-order valence-corrected chi connectivity index (χ0v) is 7.67. The predicted octanol–water partition coefficient (Wildman–Crippen LogP) is 2.35. The van der Waals surface area contributed by atoms with Crippen LogP contribution in [0.1, 0.15) is 0 Å². The lowest BCUT2D eigenvalue weighted by atomic mass is 10.3. The van der Waals surface area contributed by atoms with Crippen molar-refractivity contribution in [3.63, 3.8) is 0 Å². The number of anilines is 1. The van der Waals surface area contributed by atoms with Crippen molar-refractivity contribution in [2.75, 3.05) is 11.7 Å². The van der Waals surface area contributed by atoms with Crippen molar-refractivity contribution in [1.82, 2.24) is 0 Å². The summed E-state index contributed by atoms with van der Waals surface area (Å²) in [7, 11) is 0. The number of hydrogen-bond acceptors (Lipinski definition) is 3. The lowest BCUT2D eigenvalue weighted by molar-refractivity contribution is 1.33. The molecule has 0 heterocycles. The molecule has 1 aromatic carbocycles.